The van der Waals surface area contributed by atoms with Crippen LogP contribution in [0.4, 0.5) is 10.5 Å². The summed E-state index contributed by atoms with van der Waals surface area (Å²) in [5.74, 6) is 0.392. The molecule has 1 fully saturated rings. The fourth-order valence-corrected chi connectivity index (χ4v) is 3.54. The average Bonchev–Trinajstić information content (AvgIpc) is 3.02. The minimum absolute atomic E-state index is 0.0287. The Hall–Kier alpha value is -3.30. The molecule has 0 spiro atoms. The maximum atomic E-state index is 12.4. The highest BCUT2D eigenvalue weighted by Gasteiger charge is 2.52. The van der Waals surface area contributed by atoms with Gasteiger partial charge in [-0.1, -0.05) is 42.5 Å². The predicted octanol–water partition coefficient (Wildman–Crippen LogP) is 3.96. The van der Waals surface area contributed by atoms with Crippen molar-refractivity contribution in [2.75, 3.05) is 18.5 Å². The van der Waals surface area contributed by atoms with Crippen molar-refractivity contribution in [3.63, 3.8) is 0 Å². The molecule has 0 aliphatic carbocycles. The van der Waals surface area contributed by atoms with Gasteiger partial charge >= 0.3 is 13.2 Å². The lowest BCUT2D eigenvalue weighted by Gasteiger charge is -2.32. The zero-order valence-corrected chi connectivity index (χ0v) is 19.8. The number of hydrogen-bond acceptors (Lipinski definition) is 6. The molecule has 2 aliphatic heterocycles. The summed E-state index contributed by atoms with van der Waals surface area (Å²) >= 11 is 0. The SMILES string of the molecule is CC1(C)OB(C(=Cc2ccc3c(c2)OCC(=O)N3)CNC(=O)OCc2ccccc2)OC1(C)C. The van der Waals surface area contributed by atoms with Crippen molar-refractivity contribution in [1.82, 2.24) is 5.32 Å². The van der Waals surface area contributed by atoms with Gasteiger partial charge < -0.3 is 29.4 Å². The summed E-state index contributed by atoms with van der Waals surface area (Å²) in [7, 11) is -0.656. The van der Waals surface area contributed by atoms with Gasteiger partial charge in [-0.15, -0.1) is 0 Å². The Morgan fingerprint density at radius 2 is 1.82 bits per heavy atom. The topological polar surface area (TPSA) is 95.1 Å². The highest BCUT2D eigenvalue weighted by Crippen LogP contribution is 2.39. The Balaban J connectivity index is 1.50. The molecule has 2 aromatic rings. The number of carbonyl (C=O) groups excluding carboxylic acids is 2. The third-order valence-electron chi connectivity index (χ3n) is 6.20. The summed E-state index contributed by atoms with van der Waals surface area (Å²) < 4.78 is 23.3. The van der Waals surface area contributed by atoms with Crippen LogP contribution in [0.1, 0.15) is 38.8 Å². The van der Waals surface area contributed by atoms with Crippen molar-refractivity contribution in [2.45, 2.75) is 45.5 Å². The summed E-state index contributed by atoms with van der Waals surface area (Å²) in [5.41, 5.74) is 1.99. The van der Waals surface area contributed by atoms with Crippen molar-refractivity contribution in [2.24, 2.45) is 0 Å². The Morgan fingerprint density at radius 1 is 1.12 bits per heavy atom. The summed E-state index contributed by atoms with van der Waals surface area (Å²) in [6.07, 6.45) is 1.35. The number of ether oxygens (including phenoxy) is 2. The summed E-state index contributed by atoms with van der Waals surface area (Å²) in [6.45, 7) is 8.21. The van der Waals surface area contributed by atoms with Crippen molar-refractivity contribution in [3.8, 4) is 5.75 Å². The van der Waals surface area contributed by atoms with E-state index in [9.17, 15) is 9.59 Å². The normalized spacial score (nSPS) is 18.5. The molecule has 2 aliphatic rings. The van der Waals surface area contributed by atoms with Gasteiger partial charge in [0.15, 0.2) is 6.61 Å². The first-order valence-corrected chi connectivity index (χ1v) is 11.2. The van der Waals surface area contributed by atoms with Gasteiger partial charge in [-0.25, -0.2) is 4.79 Å². The van der Waals surface area contributed by atoms with Crippen molar-refractivity contribution >= 4 is 30.9 Å². The van der Waals surface area contributed by atoms with E-state index < -0.39 is 24.4 Å². The molecule has 0 atom stereocenters. The maximum Gasteiger partial charge on any atom is 0.492 e. The monoisotopic (exact) mass is 464 g/mol. The van der Waals surface area contributed by atoms with Gasteiger partial charge in [0.25, 0.3) is 5.91 Å². The number of nitrogens with one attached hydrogen (secondary N) is 2. The lowest BCUT2D eigenvalue weighted by atomic mass is 9.77. The Bertz CT molecular complexity index is 1080. The van der Waals surface area contributed by atoms with Gasteiger partial charge in [-0.3, -0.25) is 4.79 Å². The van der Waals surface area contributed by atoms with Gasteiger partial charge in [0, 0.05) is 6.54 Å². The lowest BCUT2D eigenvalue weighted by Crippen LogP contribution is -2.41. The van der Waals surface area contributed by atoms with Crippen LogP contribution in [0.5, 0.6) is 5.75 Å². The van der Waals surface area contributed by atoms with Crippen LogP contribution < -0.4 is 15.4 Å². The van der Waals surface area contributed by atoms with Gasteiger partial charge in [-0.05, 0) is 56.4 Å². The maximum absolute atomic E-state index is 12.4. The van der Waals surface area contributed by atoms with Crippen LogP contribution in [0.15, 0.2) is 54.0 Å². The largest absolute Gasteiger partial charge is 0.492 e. The standard InChI is InChI=1S/C25H29BN2O6/c1-24(2)25(3,4)34-26(33-24)19(14-27-23(30)32-15-17-8-6-5-7-9-17)12-18-10-11-20-21(13-18)31-16-22(29)28-20/h5-13H,14-16H2,1-4H3,(H,27,30)(H,28,29). The number of benzene rings is 2. The van der Waals surface area contributed by atoms with E-state index in [1.54, 1.807) is 6.07 Å². The first-order chi connectivity index (χ1) is 16.1. The first-order valence-electron chi connectivity index (χ1n) is 11.2. The second-order valence-corrected chi connectivity index (χ2v) is 9.32. The molecule has 0 unspecified atom stereocenters. The van der Waals surface area contributed by atoms with E-state index in [0.717, 1.165) is 16.6 Å². The predicted molar refractivity (Wildman–Crippen MR) is 129 cm³/mol. The number of alkyl carbamates (subject to hydrolysis) is 1. The molecular weight excluding hydrogens is 435 g/mol. The Labute approximate surface area is 199 Å². The fraction of sp³-hybridized carbons (Fsp3) is 0.360. The number of amides is 2. The molecule has 8 nitrogen and oxygen atoms in total. The number of fused-ring (bicyclic) bond motifs is 1. The molecule has 2 heterocycles. The van der Waals surface area contributed by atoms with Crippen molar-refractivity contribution < 1.29 is 28.4 Å². The van der Waals surface area contributed by atoms with Crippen molar-refractivity contribution in [3.05, 3.63) is 65.1 Å². The van der Waals surface area contributed by atoms with Crippen LogP contribution in [0.2, 0.25) is 0 Å². The molecule has 1 saturated heterocycles. The van der Waals surface area contributed by atoms with Crippen LogP contribution in [0.3, 0.4) is 0 Å². The molecule has 2 amide bonds. The summed E-state index contributed by atoms with van der Waals surface area (Å²) in [6, 6.07) is 14.9. The third-order valence-corrected chi connectivity index (χ3v) is 6.20. The lowest BCUT2D eigenvalue weighted by molar-refractivity contribution is -0.118. The van der Waals surface area contributed by atoms with Crippen molar-refractivity contribution in [1.29, 1.82) is 0 Å². The van der Waals surface area contributed by atoms with Gasteiger partial charge in [-0.2, -0.15) is 0 Å². The molecule has 9 heteroatoms. The summed E-state index contributed by atoms with van der Waals surface area (Å²) in [5, 5.41) is 5.57. The van der Waals surface area contributed by atoms with Gasteiger partial charge in [0.05, 0.1) is 16.9 Å². The second kappa shape index (κ2) is 9.52. The highest BCUT2D eigenvalue weighted by atomic mass is 16.7. The van der Waals surface area contributed by atoms with Crippen LogP contribution in [-0.2, 0) is 25.4 Å². The van der Waals surface area contributed by atoms with Gasteiger partial charge in [0.2, 0.25) is 0 Å². The Kier molecular flexibility index (Phi) is 6.68. The Morgan fingerprint density at radius 3 is 2.53 bits per heavy atom. The fourth-order valence-electron chi connectivity index (χ4n) is 3.54. The average molecular weight is 464 g/mol. The molecule has 0 saturated carbocycles. The molecular formula is C25H29BN2O6. The molecule has 0 radical (unpaired) electrons. The molecule has 0 aromatic heterocycles. The minimum atomic E-state index is -0.656. The van der Waals surface area contributed by atoms with E-state index in [1.807, 2.05) is 76.2 Å². The van der Waals surface area contributed by atoms with E-state index in [-0.39, 0.29) is 25.7 Å². The van der Waals surface area contributed by atoms with E-state index in [1.165, 1.54) is 0 Å². The van der Waals surface area contributed by atoms with Crippen LogP contribution >= 0.6 is 0 Å². The highest BCUT2D eigenvalue weighted by molar-refractivity contribution is 6.56. The van der Waals surface area contributed by atoms with Crippen LogP contribution in [-0.4, -0.2) is 43.5 Å². The van der Waals surface area contributed by atoms with E-state index >= 15 is 0 Å². The van der Waals surface area contributed by atoms with Gasteiger partial charge in [0.1, 0.15) is 12.4 Å². The first kappa shape index (κ1) is 23.8. The van der Waals surface area contributed by atoms with Crippen LogP contribution in [0.25, 0.3) is 6.08 Å². The second-order valence-electron chi connectivity index (χ2n) is 9.32. The molecule has 0 bridgehead atoms. The quantitative estimate of drug-likeness (QED) is 0.629. The molecule has 4 rings (SSSR count). The van der Waals surface area contributed by atoms with E-state index in [2.05, 4.69) is 10.6 Å². The smallest absolute Gasteiger partial charge is 0.482 e. The molecule has 2 aromatic carbocycles. The molecule has 178 valence electrons. The third kappa shape index (κ3) is 5.43. The number of anilines is 1. The van der Waals surface area contributed by atoms with Crippen LogP contribution in [0, 0.1) is 0 Å². The number of hydrogen-bond donors (Lipinski definition) is 2. The summed E-state index contributed by atoms with van der Waals surface area (Å²) in [4.78, 5) is 23.9. The van der Waals surface area contributed by atoms with E-state index in [0.29, 0.717) is 11.4 Å². The van der Waals surface area contributed by atoms with E-state index in [4.69, 9.17) is 18.8 Å². The molecule has 34 heavy (non-hydrogen) atoms. The number of carbonyl (C=O) groups is 2. The zero-order valence-electron chi connectivity index (χ0n) is 19.8. The minimum Gasteiger partial charge on any atom is -0.482 e. The molecule has 2 N–H and O–H groups in total. The zero-order chi connectivity index (χ0) is 24.3. The number of rotatable bonds is 6.